The Morgan fingerprint density at radius 2 is 1.73 bits per heavy atom. The Labute approximate surface area is 172 Å². The molecule has 0 bridgehead atoms. The summed E-state index contributed by atoms with van der Waals surface area (Å²) < 4.78 is 5.42. The van der Waals surface area contributed by atoms with E-state index in [-0.39, 0.29) is 11.3 Å². The van der Waals surface area contributed by atoms with Crippen molar-refractivity contribution in [2.45, 2.75) is 26.9 Å². The lowest BCUT2D eigenvalue weighted by Crippen LogP contribution is -2.54. The summed E-state index contributed by atoms with van der Waals surface area (Å²) >= 11 is 0. The maximum Gasteiger partial charge on any atom is 0.344 e. The molecule has 2 aromatic rings. The molecule has 0 aromatic heterocycles. The maximum absolute atomic E-state index is 13.1. The molecule has 1 saturated heterocycles. The predicted molar refractivity (Wildman–Crippen MR) is 109 cm³/mol. The van der Waals surface area contributed by atoms with Crippen LogP contribution in [0.4, 0.5) is 10.5 Å². The van der Waals surface area contributed by atoms with Crippen molar-refractivity contribution in [2.75, 3.05) is 4.90 Å². The Morgan fingerprint density at radius 1 is 1.10 bits per heavy atom. The first-order chi connectivity index (χ1) is 14.2. The third kappa shape index (κ3) is 4.22. The largest absolute Gasteiger partial charge is 0.479 e. The molecule has 0 unspecified atom stereocenters. The molecule has 154 valence electrons. The first-order valence-corrected chi connectivity index (χ1v) is 9.15. The average Bonchev–Trinajstić information content (AvgIpc) is 2.65. The van der Waals surface area contributed by atoms with Gasteiger partial charge in [0, 0.05) is 5.56 Å². The number of barbiturate groups is 1. The molecule has 0 saturated carbocycles. The van der Waals surface area contributed by atoms with Gasteiger partial charge in [-0.3, -0.25) is 14.9 Å². The molecular weight excluding hydrogens is 388 g/mol. The third-order valence-electron chi connectivity index (χ3n) is 4.44. The van der Waals surface area contributed by atoms with Crippen molar-refractivity contribution < 1.29 is 29.0 Å². The minimum atomic E-state index is -1.16. The van der Waals surface area contributed by atoms with Crippen molar-refractivity contribution in [1.29, 1.82) is 0 Å². The monoisotopic (exact) mass is 408 g/mol. The number of amides is 4. The summed E-state index contributed by atoms with van der Waals surface area (Å²) in [5.41, 5.74) is 2.12. The van der Waals surface area contributed by atoms with E-state index in [0.717, 1.165) is 16.0 Å². The fourth-order valence-corrected chi connectivity index (χ4v) is 3.08. The summed E-state index contributed by atoms with van der Waals surface area (Å²) in [6.07, 6.45) is 0.151. The summed E-state index contributed by atoms with van der Waals surface area (Å²) in [5, 5.41) is 11.2. The van der Waals surface area contributed by atoms with Crippen molar-refractivity contribution in [1.82, 2.24) is 5.32 Å². The van der Waals surface area contributed by atoms with Gasteiger partial charge < -0.3 is 9.84 Å². The minimum absolute atomic E-state index is 0.190. The number of nitrogens with zero attached hydrogens (tertiary/aromatic N) is 1. The number of nitrogens with one attached hydrogen (secondary N) is 1. The number of ether oxygens (including phenoxy) is 1. The van der Waals surface area contributed by atoms with Crippen LogP contribution in [0, 0.1) is 13.8 Å². The summed E-state index contributed by atoms with van der Waals surface area (Å²) in [4.78, 5) is 49.8. The van der Waals surface area contributed by atoms with Gasteiger partial charge >= 0.3 is 12.0 Å². The lowest BCUT2D eigenvalue weighted by molar-refractivity contribution is -0.144. The molecule has 1 fully saturated rings. The number of carboxylic acid groups (broad SMARTS) is 1. The van der Waals surface area contributed by atoms with E-state index in [4.69, 9.17) is 9.84 Å². The quantitative estimate of drug-likeness (QED) is 0.581. The molecule has 1 heterocycles. The number of carbonyl (C=O) groups excluding carboxylic acids is 3. The molecule has 0 spiro atoms. The van der Waals surface area contributed by atoms with Crippen LogP contribution in [-0.4, -0.2) is 35.0 Å². The van der Waals surface area contributed by atoms with Crippen molar-refractivity contribution in [3.63, 3.8) is 0 Å². The molecule has 1 aliphatic heterocycles. The van der Waals surface area contributed by atoms with Crippen LogP contribution in [0.25, 0.3) is 6.08 Å². The van der Waals surface area contributed by atoms with Crippen molar-refractivity contribution >= 4 is 35.6 Å². The molecule has 4 amide bonds. The van der Waals surface area contributed by atoms with Gasteiger partial charge in [-0.05, 0) is 56.2 Å². The Balaban J connectivity index is 2.02. The number of para-hydroxylation sites is 1. The van der Waals surface area contributed by atoms with E-state index in [1.807, 2.05) is 19.9 Å². The van der Waals surface area contributed by atoms with Gasteiger partial charge in [0.15, 0.2) is 6.10 Å². The Kier molecular flexibility index (Phi) is 5.68. The molecule has 2 N–H and O–H groups in total. The Morgan fingerprint density at radius 3 is 2.37 bits per heavy atom. The molecule has 3 rings (SSSR count). The first kappa shape index (κ1) is 20.8. The number of anilines is 1. The second-order valence-corrected chi connectivity index (χ2v) is 6.94. The lowest BCUT2D eigenvalue weighted by atomic mass is 10.0. The smallest absolute Gasteiger partial charge is 0.344 e. The van der Waals surface area contributed by atoms with Crippen LogP contribution >= 0.6 is 0 Å². The highest BCUT2D eigenvalue weighted by molar-refractivity contribution is 6.39. The van der Waals surface area contributed by atoms with E-state index >= 15 is 0 Å². The van der Waals surface area contributed by atoms with Gasteiger partial charge in [0.2, 0.25) is 0 Å². The van der Waals surface area contributed by atoms with Gasteiger partial charge in [-0.15, -0.1) is 0 Å². The summed E-state index contributed by atoms with van der Waals surface area (Å²) in [6, 6.07) is 10.8. The fraction of sp³-hybridized carbons (Fsp3) is 0.182. The van der Waals surface area contributed by atoms with Crippen molar-refractivity contribution in [3.8, 4) is 5.75 Å². The summed E-state index contributed by atoms with van der Waals surface area (Å²) in [7, 11) is 0. The highest BCUT2D eigenvalue weighted by Gasteiger charge is 2.37. The molecular formula is C22H20N2O6. The van der Waals surface area contributed by atoms with E-state index in [2.05, 4.69) is 5.32 Å². The van der Waals surface area contributed by atoms with Crippen LogP contribution in [0.5, 0.6) is 5.75 Å². The van der Waals surface area contributed by atoms with Gasteiger partial charge in [0.25, 0.3) is 11.8 Å². The molecule has 2 aromatic carbocycles. The van der Waals surface area contributed by atoms with E-state index in [1.165, 1.54) is 19.1 Å². The second kappa shape index (κ2) is 8.20. The van der Waals surface area contributed by atoms with Crippen LogP contribution in [-0.2, 0) is 14.4 Å². The second-order valence-electron chi connectivity index (χ2n) is 6.94. The predicted octanol–water partition coefficient (Wildman–Crippen LogP) is 2.82. The summed E-state index contributed by atoms with van der Waals surface area (Å²) in [6.45, 7) is 5.04. The van der Waals surface area contributed by atoms with Crippen LogP contribution in [0.1, 0.15) is 23.6 Å². The van der Waals surface area contributed by atoms with Gasteiger partial charge in [-0.2, -0.15) is 0 Å². The fourth-order valence-electron chi connectivity index (χ4n) is 3.08. The van der Waals surface area contributed by atoms with Gasteiger partial charge in [-0.1, -0.05) is 24.3 Å². The molecule has 1 aliphatic rings. The van der Waals surface area contributed by atoms with Crippen molar-refractivity contribution in [2.24, 2.45) is 0 Å². The number of carbonyl (C=O) groups is 4. The van der Waals surface area contributed by atoms with Crippen LogP contribution in [0.15, 0.2) is 48.0 Å². The number of aliphatic carboxylic acids is 1. The zero-order valence-corrected chi connectivity index (χ0v) is 16.6. The molecule has 8 nitrogen and oxygen atoms in total. The van der Waals surface area contributed by atoms with E-state index < -0.39 is 29.9 Å². The molecule has 30 heavy (non-hydrogen) atoms. The maximum atomic E-state index is 13.1. The third-order valence-corrected chi connectivity index (χ3v) is 4.44. The van der Waals surface area contributed by atoms with Gasteiger partial charge in [0.05, 0.1) is 5.69 Å². The van der Waals surface area contributed by atoms with E-state index in [1.54, 1.807) is 30.3 Å². The summed E-state index contributed by atoms with van der Waals surface area (Å²) in [5.74, 6) is -2.59. The number of hydrogen-bond acceptors (Lipinski definition) is 5. The molecule has 1 atom stereocenters. The number of carboxylic acids is 1. The van der Waals surface area contributed by atoms with Crippen LogP contribution in [0.2, 0.25) is 0 Å². The van der Waals surface area contributed by atoms with Crippen molar-refractivity contribution in [3.05, 3.63) is 64.7 Å². The number of benzene rings is 2. The number of aryl methyl sites for hydroxylation is 2. The highest BCUT2D eigenvalue weighted by Crippen LogP contribution is 2.27. The van der Waals surface area contributed by atoms with E-state index in [0.29, 0.717) is 11.3 Å². The van der Waals surface area contributed by atoms with Crippen LogP contribution < -0.4 is 15.0 Å². The zero-order chi connectivity index (χ0) is 22.0. The standard InChI is InChI=1S/C22H20N2O6/c1-12-8-13(2)10-16(9-12)24-20(26)17(19(25)23-22(24)29)11-15-6-4-5-7-18(15)30-14(3)21(27)28/h4-11,14H,1-3H3,(H,27,28)(H,23,25,29)/b17-11+/t14-/m0/s1. The number of hydrogen-bond donors (Lipinski definition) is 2. The number of imide groups is 2. The molecule has 8 heteroatoms. The number of urea groups is 1. The highest BCUT2D eigenvalue weighted by atomic mass is 16.5. The SMILES string of the molecule is Cc1cc(C)cc(N2C(=O)NC(=O)/C(=C\c3ccccc3O[C@@H](C)C(=O)O)C2=O)c1. The number of rotatable bonds is 5. The van der Waals surface area contributed by atoms with Crippen LogP contribution in [0.3, 0.4) is 0 Å². The zero-order valence-electron chi connectivity index (χ0n) is 16.6. The lowest BCUT2D eigenvalue weighted by Gasteiger charge is -2.27. The molecule has 0 aliphatic carbocycles. The van der Waals surface area contributed by atoms with Gasteiger partial charge in [0.1, 0.15) is 11.3 Å². The Bertz CT molecular complexity index is 1070. The average molecular weight is 408 g/mol. The molecule has 0 radical (unpaired) electrons. The normalized spacial score (nSPS) is 16.4. The first-order valence-electron chi connectivity index (χ1n) is 9.15. The topological polar surface area (TPSA) is 113 Å². The van der Waals surface area contributed by atoms with E-state index in [9.17, 15) is 19.2 Å². The Hall–Kier alpha value is -3.94. The minimum Gasteiger partial charge on any atom is -0.479 e. The van der Waals surface area contributed by atoms with Gasteiger partial charge in [-0.25, -0.2) is 14.5 Å².